The number of nitrogens with zero attached hydrogens (tertiary/aromatic N) is 2. The van der Waals surface area contributed by atoms with Crippen LogP contribution in [0.1, 0.15) is 5.56 Å². The van der Waals surface area contributed by atoms with Gasteiger partial charge in [-0.25, -0.2) is 0 Å². The van der Waals surface area contributed by atoms with Gasteiger partial charge in [0.25, 0.3) is 11.4 Å². The molecular formula is C14H7BrN2O4. The maximum atomic E-state index is 11.2. The summed E-state index contributed by atoms with van der Waals surface area (Å²) in [5.74, 6) is 2.41. The van der Waals surface area contributed by atoms with Crippen molar-refractivity contribution in [3.05, 3.63) is 66.7 Å². The minimum absolute atomic E-state index is 0.0528. The molecule has 0 bridgehead atoms. The van der Waals surface area contributed by atoms with E-state index in [0.717, 1.165) is 0 Å². The van der Waals surface area contributed by atoms with E-state index in [1.54, 1.807) is 12.1 Å². The number of terminal acetylenes is 1. The zero-order valence-electron chi connectivity index (χ0n) is 10.4. The second-order valence-corrected chi connectivity index (χ2v) is 4.88. The van der Waals surface area contributed by atoms with E-state index in [1.165, 1.54) is 24.3 Å². The van der Waals surface area contributed by atoms with E-state index in [4.69, 9.17) is 6.42 Å². The van der Waals surface area contributed by atoms with Crippen LogP contribution in [0.3, 0.4) is 0 Å². The van der Waals surface area contributed by atoms with Crippen LogP contribution in [0.25, 0.3) is 11.1 Å². The zero-order chi connectivity index (χ0) is 15.6. The van der Waals surface area contributed by atoms with Crippen molar-refractivity contribution in [3.8, 4) is 23.5 Å². The van der Waals surface area contributed by atoms with Crippen molar-refractivity contribution in [3.63, 3.8) is 0 Å². The monoisotopic (exact) mass is 346 g/mol. The highest BCUT2D eigenvalue weighted by Gasteiger charge is 2.29. The summed E-state index contributed by atoms with van der Waals surface area (Å²) < 4.78 is 0.175. The molecule has 0 N–H and O–H groups in total. The van der Waals surface area contributed by atoms with Gasteiger partial charge in [0.05, 0.1) is 14.3 Å². The van der Waals surface area contributed by atoms with Crippen LogP contribution in [0.4, 0.5) is 11.4 Å². The number of nitro groups is 2. The highest BCUT2D eigenvalue weighted by atomic mass is 79.9. The summed E-state index contributed by atoms with van der Waals surface area (Å²) in [7, 11) is 0. The zero-order valence-corrected chi connectivity index (χ0v) is 12.0. The number of halogens is 1. The highest BCUT2D eigenvalue weighted by molar-refractivity contribution is 9.10. The molecule has 104 valence electrons. The Morgan fingerprint density at radius 1 is 1.00 bits per heavy atom. The molecule has 2 aromatic carbocycles. The van der Waals surface area contributed by atoms with E-state index in [0.29, 0.717) is 11.1 Å². The number of benzene rings is 2. The Kier molecular flexibility index (Phi) is 4.00. The van der Waals surface area contributed by atoms with Crippen molar-refractivity contribution in [1.82, 2.24) is 0 Å². The number of hydrogen-bond donors (Lipinski definition) is 0. The molecule has 0 spiro atoms. The highest BCUT2D eigenvalue weighted by Crippen LogP contribution is 2.42. The second kappa shape index (κ2) is 5.73. The summed E-state index contributed by atoms with van der Waals surface area (Å²) in [6.07, 6.45) is 5.24. The van der Waals surface area contributed by atoms with Crippen LogP contribution >= 0.6 is 15.9 Å². The van der Waals surface area contributed by atoms with E-state index in [2.05, 4.69) is 21.9 Å². The molecule has 0 unspecified atom stereocenters. The predicted molar refractivity (Wildman–Crippen MR) is 80.8 cm³/mol. The lowest BCUT2D eigenvalue weighted by Crippen LogP contribution is -1.99. The Bertz CT molecular complexity index is 779. The molecular weight excluding hydrogens is 340 g/mol. The Hall–Kier alpha value is -2.72. The van der Waals surface area contributed by atoms with Crippen LogP contribution in [0.15, 0.2) is 40.9 Å². The maximum Gasteiger partial charge on any atom is 0.298 e. The quantitative estimate of drug-likeness (QED) is 0.478. The Morgan fingerprint density at radius 3 is 2.10 bits per heavy atom. The minimum Gasteiger partial charge on any atom is -0.258 e. The predicted octanol–water partition coefficient (Wildman–Crippen LogP) is 3.91. The third-order valence-electron chi connectivity index (χ3n) is 2.83. The van der Waals surface area contributed by atoms with Gasteiger partial charge in [-0.15, -0.1) is 6.42 Å². The van der Waals surface area contributed by atoms with Crippen LogP contribution in [0, 0.1) is 32.6 Å². The smallest absolute Gasteiger partial charge is 0.258 e. The lowest BCUT2D eigenvalue weighted by Gasteiger charge is -2.06. The normalized spacial score (nSPS) is 9.90. The SMILES string of the molecule is C#Cc1ccc(-c2c([N+](=O)[O-])ccc(Br)c2[N+](=O)[O-])cc1. The van der Waals surface area contributed by atoms with Crippen molar-refractivity contribution in [1.29, 1.82) is 0 Å². The van der Waals surface area contributed by atoms with Gasteiger partial charge in [0.2, 0.25) is 0 Å². The van der Waals surface area contributed by atoms with Crippen LogP contribution < -0.4 is 0 Å². The molecule has 0 aliphatic heterocycles. The number of rotatable bonds is 3. The van der Waals surface area contributed by atoms with E-state index in [1.807, 2.05) is 0 Å². The van der Waals surface area contributed by atoms with E-state index in [-0.39, 0.29) is 21.4 Å². The topological polar surface area (TPSA) is 86.3 Å². The van der Waals surface area contributed by atoms with Gasteiger partial charge >= 0.3 is 0 Å². The van der Waals surface area contributed by atoms with Crippen molar-refractivity contribution in [2.75, 3.05) is 0 Å². The first-order valence-corrected chi connectivity index (χ1v) is 6.43. The standard InChI is InChI=1S/C14H7BrN2O4/c1-2-9-3-5-10(6-4-9)13-12(16(18)19)8-7-11(15)14(13)17(20)21/h1,3-8H. The molecule has 7 heteroatoms. The molecule has 0 aliphatic rings. The Labute approximate surface area is 127 Å². The van der Waals surface area contributed by atoms with E-state index < -0.39 is 9.85 Å². The van der Waals surface area contributed by atoms with E-state index in [9.17, 15) is 20.2 Å². The van der Waals surface area contributed by atoms with Gasteiger partial charge in [0.15, 0.2) is 0 Å². The fourth-order valence-electron chi connectivity index (χ4n) is 1.90. The van der Waals surface area contributed by atoms with Crippen molar-refractivity contribution in [2.24, 2.45) is 0 Å². The summed E-state index contributed by atoms with van der Waals surface area (Å²) in [4.78, 5) is 21.1. The molecule has 0 fully saturated rings. The van der Waals surface area contributed by atoms with Gasteiger partial charge in [-0.05, 0) is 39.7 Å². The molecule has 21 heavy (non-hydrogen) atoms. The average Bonchev–Trinajstić information content (AvgIpc) is 2.46. The van der Waals surface area contributed by atoms with Gasteiger partial charge in [-0.3, -0.25) is 20.2 Å². The molecule has 2 aromatic rings. The Balaban J connectivity index is 2.80. The molecule has 0 saturated heterocycles. The molecule has 0 aromatic heterocycles. The van der Waals surface area contributed by atoms with Gasteiger partial charge in [-0.2, -0.15) is 0 Å². The lowest BCUT2D eigenvalue weighted by molar-refractivity contribution is -0.393. The first-order valence-electron chi connectivity index (χ1n) is 5.64. The van der Waals surface area contributed by atoms with Crippen LogP contribution in [0.2, 0.25) is 0 Å². The summed E-state index contributed by atoms with van der Waals surface area (Å²) >= 11 is 3.06. The van der Waals surface area contributed by atoms with Crippen LogP contribution in [-0.2, 0) is 0 Å². The first kappa shape index (κ1) is 14.7. The minimum atomic E-state index is -0.651. The van der Waals surface area contributed by atoms with Crippen LogP contribution in [-0.4, -0.2) is 9.85 Å². The third kappa shape index (κ3) is 2.75. The summed E-state index contributed by atoms with van der Waals surface area (Å²) in [6.45, 7) is 0. The molecule has 2 rings (SSSR count). The molecule has 0 saturated carbocycles. The van der Waals surface area contributed by atoms with Gasteiger partial charge < -0.3 is 0 Å². The molecule has 0 radical (unpaired) electrons. The van der Waals surface area contributed by atoms with Crippen LogP contribution in [0.5, 0.6) is 0 Å². The molecule has 0 heterocycles. The fourth-order valence-corrected chi connectivity index (χ4v) is 2.38. The summed E-state index contributed by atoms with van der Waals surface area (Å²) in [6, 6.07) is 8.71. The second-order valence-electron chi connectivity index (χ2n) is 4.03. The molecule has 0 aliphatic carbocycles. The summed E-state index contributed by atoms with van der Waals surface area (Å²) in [5.41, 5.74) is 0.201. The first-order chi connectivity index (χ1) is 9.95. The van der Waals surface area contributed by atoms with Gasteiger partial charge in [0.1, 0.15) is 5.56 Å². The molecule has 6 nitrogen and oxygen atoms in total. The average molecular weight is 347 g/mol. The molecule has 0 atom stereocenters. The van der Waals surface area contributed by atoms with Crippen molar-refractivity contribution < 1.29 is 9.85 Å². The number of hydrogen-bond acceptors (Lipinski definition) is 4. The van der Waals surface area contributed by atoms with Crippen molar-refractivity contribution >= 4 is 27.3 Å². The van der Waals surface area contributed by atoms with E-state index >= 15 is 0 Å². The van der Waals surface area contributed by atoms with Gasteiger partial charge in [0, 0.05) is 11.6 Å². The maximum absolute atomic E-state index is 11.2. The van der Waals surface area contributed by atoms with Crippen molar-refractivity contribution in [2.45, 2.75) is 0 Å². The van der Waals surface area contributed by atoms with Gasteiger partial charge in [-0.1, -0.05) is 18.1 Å². The largest absolute Gasteiger partial charge is 0.298 e. The number of nitro benzene ring substituents is 2. The fraction of sp³-hybridized carbons (Fsp3) is 0. The Morgan fingerprint density at radius 2 is 1.62 bits per heavy atom. The lowest BCUT2D eigenvalue weighted by atomic mass is 10.0. The summed E-state index contributed by atoms with van der Waals surface area (Å²) in [5, 5.41) is 22.4. The third-order valence-corrected chi connectivity index (χ3v) is 3.47. The molecule has 0 amide bonds.